The molecule has 0 aliphatic rings. The molecule has 2 rings (SSSR count). The lowest BCUT2D eigenvalue weighted by Crippen LogP contribution is -2.28. The van der Waals surface area contributed by atoms with Gasteiger partial charge in [-0.05, 0) is 34.5 Å². The van der Waals surface area contributed by atoms with Crippen molar-refractivity contribution in [3.05, 3.63) is 40.6 Å². The molecule has 0 saturated carbocycles. The highest BCUT2D eigenvalue weighted by Crippen LogP contribution is 2.28. The normalized spacial score (nSPS) is 12.9. The van der Waals surface area contributed by atoms with E-state index in [1.54, 1.807) is 17.5 Å². The van der Waals surface area contributed by atoms with Crippen molar-refractivity contribution in [2.75, 3.05) is 20.8 Å². The largest absolute Gasteiger partial charge is 0.497 e. The van der Waals surface area contributed by atoms with Crippen LogP contribution in [-0.4, -0.2) is 34.3 Å². The van der Waals surface area contributed by atoms with Crippen LogP contribution in [0.1, 0.15) is 11.7 Å². The molecule has 2 N–H and O–H groups in total. The van der Waals surface area contributed by atoms with Gasteiger partial charge < -0.3 is 14.6 Å². The summed E-state index contributed by atoms with van der Waals surface area (Å²) >= 11 is 1.43. The van der Waals surface area contributed by atoms with Gasteiger partial charge in [0.15, 0.2) is 0 Å². The number of benzene rings is 1. The first kappa shape index (κ1) is 16.8. The zero-order valence-electron chi connectivity index (χ0n) is 12.1. The summed E-state index contributed by atoms with van der Waals surface area (Å²) in [5.41, 5.74) is 0.672. The molecule has 0 spiro atoms. The highest BCUT2D eigenvalue weighted by Gasteiger charge is 2.22. The first-order valence-electron chi connectivity index (χ1n) is 6.40. The van der Waals surface area contributed by atoms with E-state index >= 15 is 0 Å². The molecule has 0 radical (unpaired) electrons. The number of methoxy groups -OCH3 is 2. The molecule has 1 atom stereocenters. The first-order valence-corrected chi connectivity index (χ1v) is 8.82. The number of thiophene rings is 1. The lowest BCUT2D eigenvalue weighted by Gasteiger charge is -2.14. The molecule has 2 aromatic rings. The minimum Gasteiger partial charge on any atom is -0.497 e. The third-order valence-corrected chi connectivity index (χ3v) is 5.20. The van der Waals surface area contributed by atoms with Crippen molar-refractivity contribution >= 4 is 21.4 Å². The van der Waals surface area contributed by atoms with Crippen LogP contribution in [0.2, 0.25) is 0 Å². The van der Waals surface area contributed by atoms with Gasteiger partial charge in [-0.15, -0.1) is 0 Å². The van der Waals surface area contributed by atoms with E-state index in [9.17, 15) is 13.5 Å². The third kappa shape index (κ3) is 3.77. The second-order valence-electron chi connectivity index (χ2n) is 4.44. The number of hydrogen-bond donors (Lipinski definition) is 2. The molecule has 0 fully saturated rings. The van der Waals surface area contributed by atoms with Gasteiger partial charge in [-0.25, -0.2) is 13.1 Å². The summed E-state index contributed by atoms with van der Waals surface area (Å²) in [6.07, 6.45) is -0.905. The Kier molecular flexibility index (Phi) is 5.41. The Morgan fingerprint density at radius 1 is 1.27 bits per heavy atom. The van der Waals surface area contributed by atoms with Crippen LogP contribution >= 0.6 is 11.3 Å². The Morgan fingerprint density at radius 2 is 2.05 bits per heavy atom. The van der Waals surface area contributed by atoms with Gasteiger partial charge in [0.2, 0.25) is 10.0 Å². The maximum atomic E-state index is 12.4. The molecule has 1 aromatic carbocycles. The van der Waals surface area contributed by atoms with E-state index in [4.69, 9.17) is 9.47 Å². The molecule has 1 unspecified atom stereocenters. The maximum absolute atomic E-state index is 12.4. The molecular formula is C14H17NO5S2. The number of aliphatic hydroxyl groups excluding tert-OH is 1. The molecule has 1 aromatic heterocycles. The fourth-order valence-electron chi connectivity index (χ4n) is 1.84. The Hall–Kier alpha value is -1.61. The van der Waals surface area contributed by atoms with Crippen LogP contribution in [0, 0.1) is 0 Å². The number of rotatable bonds is 7. The van der Waals surface area contributed by atoms with Crippen LogP contribution in [0.3, 0.4) is 0 Å². The van der Waals surface area contributed by atoms with Gasteiger partial charge in [-0.1, -0.05) is 0 Å². The zero-order valence-corrected chi connectivity index (χ0v) is 13.8. The fraction of sp³-hybridized carbons (Fsp3) is 0.286. The first-order chi connectivity index (χ1) is 10.5. The van der Waals surface area contributed by atoms with E-state index in [2.05, 4.69) is 4.72 Å². The third-order valence-electron chi connectivity index (χ3n) is 3.05. The average Bonchev–Trinajstić information content (AvgIpc) is 3.06. The highest BCUT2D eigenvalue weighted by atomic mass is 32.2. The number of ether oxygens (including phenoxy) is 2. The van der Waals surface area contributed by atoms with Gasteiger partial charge in [0, 0.05) is 12.6 Å². The number of hydrogen-bond acceptors (Lipinski definition) is 6. The van der Waals surface area contributed by atoms with E-state index in [0.29, 0.717) is 11.3 Å². The van der Waals surface area contributed by atoms with Crippen molar-refractivity contribution in [1.29, 1.82) is 0 Å². The van der Waals surface area contributed by atoms with Crippen molar-refractivity contribution < 1.29 is 23.0 Å². The minimum absolute atomic E-state index is 0.0353. The molecular weight excluding hydrogens is 326 g/mol. The summed E-state index contributed by atoms with van der Waals surface area (Å²) in [7, 11) is -0.993. The summed E-state index contributed by atoms with van der Waals surface area (Å²) in [4.78, 5) is -0.0353. The lowest BCUT2D eigenvalue weighted by molar-refractivity contribution is 0.182. The van der Waals surface area contributed by atoms with Gasteiger partial charge in [-0.3, -0.25) is 0 Å². The Balaban J connectivity index is 2.19. The average molecular weight is 343 g/mol. The van der Waals surface area contributed by atoms with Crippen molar-refractivity contribution in [1.82, 2.24) is 4.72 Å². The molecule has 0 amide bonds. The van der Waals surface area contributed by atoms with Gasteiger partial charge >= 0.3 is 0 Å². The number of nitrogens with one attached hydrogen (secondary N) is 1. The summed E-state index contributed by atoms with van der Waals surface area (Å²) in [5, 5.41) is 13.6. The monoisotopic (exact) mass is 343 g/mol. The Bertz CT molecular complexity index is 713. The lowest BCUT2D eigenvalue weighted by atomic mass is 10.2. The van der Waals surface area contributed by atoms with Gasteiger partial charge in [0.05, 0.1) is 20.3 Å². The molecule has 120 valence electrons. The predicted molar refractivity (Wildman–Crippen MR) is 84.0 cm³/mol. The topological polar surface area (TPSA) is 84.9 Å². The summed E-state index contributed by atoms with van der Waals surface area (Å²) in [5.74, 6) is 0.609. The molecule has 0 bridgehead atoms. The maximum Gasteiger partial charge on any atom is 0.244 e. The summed E-state index contributed by atoms with van der Waals surface area (Å²) < 4.78 is 37.3. The van der Waals surface area contributed by atoms with E-state index in [1.807, 2.05) is 5.38 Å². The van der Waals surface area contributed by atoms with E-state index in [-0.39, 0.29) is 17.2 Å². The smallest absolute Gasteiger partial charge is 0.244 e. The molecule has 1 heterocycles. The summed E-state index contributed by atoms with van der Waals surface area (Å²) in [6, 6.07) is 6.24. The van der Waals surface area contributed by atoms with Crippen LogP contribution in [0.5, 0.6) is 11.5 Å². The Morgan fingerprint density at radius 3 is 2.64 bits per heavy atom. The van der Waals surface area contributed by atoms with Gasteiger partial charge in [0.25, 0.3) is 0 Å². The number of aliphatic hydroxyl groups is 1. The SMILES string of the molecule is COc1ccc(OC)c(S(=O)(=O)NCC(O)c2ccsc2)c1. The molecule has 0 aliphatic heterocycles. The predicted octanol–water partition coefficient (Wildman–Crippen LogP) is 1.78. The quantitative estimate of drug-likeness (QED) is 0.800. The van der Waals surface area contributed by atoms with Crippen molar-refractivity contribution in [2.45, 2.75) is 11.0 Å². The van der Waals surface area contributed by atoms with Gasteiger partial charge in [-0.2, -0.15) is 11.3 Å². The van der Waals surface area contributed by atoms with E-state index in [1.165, 1.54) is 37.7 Å². The van der Waals surface area contributed by atoms with Crippen molar-refractivity contribution in [3.63, 3.8) is 0 Å². The zero-order chi connectivity index (χ0) is 16.2. The second kappa shape index (κ2) is 7.10. The standard InChI is InChI=1S/C14H17NO5S2/c1-19-11-3-4-13(20-2)14(7-11)22(17,18)15-8-12(16)10-5-6-21-9-10/h3-7,9,12,15-16H,8H2,1-2H3. The van der Waals surface area contributed by atoms with Crippen LogP contribution in [0.15, 0.2) is 39.9 Å². The van der Waals surface area contributed by atoms with Crippen LogP contribution < -0.4 is 14.2 Å². The fourth-order valence-corrected chi connectivity index (χ4v) is 3.77. The summed E-state index contributed by atoms with van der Waals surface area (Å²) in [6.45, 7) is -0.126. The van der Waals surface area contributed by atoms with E-state index in [0.717, 1.165) is 0 Å². The highest BCUT2D eigenvalue weighted by molar-refractivity contribution is 7.89. The molecule has 0 aliphatic carbocycles. The molecule has 8 heteroatoms. The molecule has 6 nitrogen and oxygen atoms in total. The van der Waals surface area contributed by atoms with Crippen LogP contribution in [-0.2, 0) is 10.0 Å². The van der Waals surface area contributed by atoms with E-state index < -0.39 is 16.1 Å². The minimum atomic E-state index is -3.83. The molecule has 0 saturated heterocycles. The van der Waals surface area contributed by atoms with Gasteiger partial charge in [0.1, 0.15) is 16.4 Å². The van der Waals surface area contributed by atoms with Crippen molar-refractivity contribution in [3.8, 4) is 11.5 Å². The second-order valence-corrected chi connectivity index (χ2v) is 6.96. The van der Waals surface area contributed by atoms with Crippen LogP contribution in [0.25, 0.3) is 0 Å². The van der Waals surface area contributed by atoms with Crippen molar-refractivity contribution in [2.24, 2.45) is 0 Å². The molecule has 22 heavy (non-hydrogen) atoms. The number of sulfonamides is 1. The van der Waals surface area contributed by atoms with Crippen LogP contribution in [0.4, 0.5) is 0 Å². The Labute approximate surface area is 133 Å².